The molecule has 1 aliphatic rings. The van der Waals surface area contributed by atoms with Gasteiger partial charge in [-0.15, -0.1) is 10.2 Å². The summed E-state index contributed by atoms with van der Waals surface area (Å²) in [6, 6.07) is 8.29. The van der Waals surface area contributed by atoms with Crippen molar-refractivity contribution in [2.24, 2.45) is 13.0 Å². The van der Waals surface area contributed by atoms with Crippen LogP contribution in [-0.2, 0) is 33.0 Å². The van der Waals surface area contributed by atoms with Gasteiger partial charge >= 0.3 is 0 Å². The molecule has 1 N–H and O–H groups in total. The van der Waals surface area contributed by atoms with Gasteiger partial charge in [0.15, 0.2) is 0 Å². The summed E-state index contributed by atoms with van der Waals surface area (Å²) in [5.41, 5.74) is 2.25. The number of aryl methyl sites for hydroxylation is 3. The van der Waals surface area contributed by atoms with Crippen molar-refractivity contribution in [1.82, 2.24) is 29.6 Å². The van der Waals surface area contributed by atoms with E-state index in [0.717, 1.165) is 55.5 Å². The van der Waals surface area contributed by atoms with E-state index < -0.39 is 0 Å². The van der Waals surface area contributed by atoms with E-state index in [-0.39, 0.29) is 0 Å². The van der Waals surface area contributed by atoms with E-state index in [1.165, 1.54) is 11.9 Å². The first kappa shape index (κ1) is 15.3. The topological polar surface area (TPSA) is 60.6 Å². The van der Waals surface area contributed by atoms with E-state index in [4.69, 9.17) is 4.98 Å². The molecule has 0 aliphatic carbocycles. The molecule has 0 unspecified atom stereocenters. The van der Waals surface area contributed by atoms with Crippen LogP contribution in [0, 0.1) is 5.92 Å². The summed E-state index contributed by atoms with van der Waals surface area (Å²) in [5, 5.41) is 12.2. The molecule has 1 aliphatic heterocycles. The van der Waals surface area contributed by atoms with Gasteiger partial charge in [-0.1, -0.05) is 19.1 Å². The number of para-hydroxylation sites is 2. The van der Waals surface area contributed by atoms with E-state index in [2.05, 4.69) is 56.8 Å². The number of hydrogen-bond donors (Lipinski definition) is 1. The van der Waals surface area contributed by atoms with E-state index in [1.807, 2.05) is 6.07 Å². The minimum atomic E-state index is 0.633. The molecule has 6 heteroatoms. The molecule has 2 aromatic heterocycles. The number of benzene rings is 1. The number of nitrogens with one attached hydrogen (secondary N) is 1. The van der Waals surface area contributed by atoms with Crippen LogP contribution >= 0.6 is 0 Å². The quantitative estimate of drug-likeness (QED) is 0.780. The first-order valence-corrected chi connectivity index (χ1v) is 8.78. The summed E-state index contributed by atoms with van der Waals surface area (Å²) < 4.78 is 4.49. The second-order valence-electron chi connectivity index (χ2n) is 6.61. The molecular formula is C18H24N6. The second-order valence-corrected chi connectivity index (χ2v) is 6.61. The number of fused-ring (bicyclic) bond motifs is 2. The smallest absolute Gasteiger partial charge is 0.133 e. The van der Waals surface area contributed by atoms with Gasteiger partial charge in [-0.2, -0.15) is 0 Å². The maximum absolute atomic E-state index is 4.73. The van der Waals surface area contributed by atoms with Gasteiger partial charge < -0.3 is 14.5 Å². The molecule has 3 heterocycles. The first-order valence-electron chi connectivity index (χ1n) is 8.78. The van der Waals surface area contributed by atoms with Crippen LogP contribution in [0.1, 0.15) is 30.8 Å². The Kier molecular flexibility index (Phi) is 4.06. The Morgan fingerprint density at radius 1 is 1.21 bits per heavy atom. The Labute approximate surface area is 141 Å². The lowest BCUT2D eigenvalue weighted by molar-refractivity contribution is 0.341. The maximum Gasteiger partial charge on any atom is 0.133 e. The molecule has 0 amide bonds. The van der Waals surface area contributed by atoms with Gasteiger partial charge in [0, 0.05) is 33.0 Å². The lowest BCUT2D eigenvalue weighted by Crippen LogP contribution is -2.31. The Morgan fingerprint density at radius 2 is 2.08 bits per heavy atom. The van der Waals surface area contributed by atoms with E-state index in [0.29, 0.717) is 5.92 Å². The fraction of sp³-hybridized carbons (Fsp3) is 0.500. The van der Waals surface area contributed by atoms with Crippen LogP contribution in [0.15, 0.2) is 24.3 Å². The van der Waals surface area contributed by atoms with Crippen molar-refractivity contribution in [1.29, 1.82) is 0 Å². The Bertz CT molecular complexity index is 833. The predicted octanol–water partition coefficient (Wildman–Crippen LogP) is 2.08. The SMILES string of the molecule is CCc1nnc2n1C[C@@H](CNCc1nc3ccccc3n1C)CC2. The zero-order chi connectivity index (χ0) is 16.5. The molecule has 0 spiro atoms. The third-order valence-corrected chi connectivity index (χ3v) is 5.03. The van der Waals surface area contributed by atoms with Crippen LogP contribution in [0.2, 0.25) is 0 Å². The van der Waals surface area contributed by atoms with E-state index >= 15 is 0 Å². The highest BCUT2D eigenvalue weighted by molar-refractivity contribution is 5.75. The van der Waals surface area contributed by atoms with Crippen LogP contribution < -0.4 is 5.32 Å². The van der Waals surface area contributed by atoms with Crippen molar-refractivity contribution in [3.63, 3.8) is 0 Å². The summed E-state index contributed by atoms with van der Waals surface area (Å²) in [6.07, 6.45) is 3.16. The van der Waals surface area contributed by atoms with Gasteiger partial charge in [-0.25, -0.2) is 4.98 Å². The molecular weight excluding hydrogens is 300 g/mol. The average Bonchev–Trinajstić information content (AvgIpc) is 3.16. The molecule has 0 saturated heterocycles. The fourth-order valence-corrected chi connectivity index (χ4v) is 3.62. The van der Waals surface area contributed by atoms with Crippen molar-refractivity contribution in [3.05, 3.63) is 41.7 Å². The van der Waals surface area contributed by atoms with Gasteiger partial charge in [0.1, 0.15) is 17.5 Å². The molecule has 1 atom stereocenters. The fourth-order valence-electron chi connectivity index (χ4n) is 3.62. The highest BCUT2D eigenvalue weighted by Crippen LogP contribution is 2.20. The van der Waals surface area contributed by atoms with Crippen molar-refractivity contribution in [2.45, 2.75) is 39.3 Å². The van der Waals surface area contributed by atoms with Gasteiger partial charge in [0.2, 0.25) is 0 Å². The Morgan fingerprint density at radius 3 is 2.92 bits per heavy atom. The highest BCUT2D eigenvalue weighted by Gasteiger charge is 2.22. The van der Waals surface area contributed by atoms with Crippen LogP contribution in [-0.4, -0.2) is 30.9 Å². The van der Waals surface area contributed by atoms with Crippen LogP contribution in [0.5, 0.6) is 0 Å². The Balaban J connectivity index is 1.38. The number of rotatable bonds is 5. The summed E-state index contributed by atoms with van der Waals surface area (Å²) >= 11 is 0. The van der Waals surface area contributed by atoms with Gasteiger partial charge in [0.25, 0.3) is 0 Å². The minimum absolute atomic E-state index is 0.633. The molecule has 0 fully saturated rings. The molecule has 0 saturated carbocycles. The zero-order valence-electron chi connectivity index (χ0n) is 14.4. The largest absolute Gasteiger partial charge is 0.330 e. The van der Waals surface area contributed by atoms with Crippen LogP contribution in [0.3, 0.4) is 0 Å². The maximum atomic E-state index is 4.73. The number of hydrogen-bond acceptors (Lipinski definition) is 4. The summed E-state index contributed by atoms with van der Waals surface area (Å²) in [4.78, 5) is 4.73. The molecule has 0 radical (unpaired) electrons. The molecule has 3 aromatic rings. The zero-order valence-corrected chi connectivity index (χ0v) is 14.4. The van der Waals surface area contributed by atoms with Gasteiger partial charge in [-0.05, 0) is 24.5 Å². The van der Waals surface area contributed by atoms with Crippen molar-refractivity contribution in [2.75, 3.05) is 6.54 Å². The molecule has 0 bridgehead atoms. The number of imidazole rings is 1. The van der Waals surface area contributed by atoms with Crippen molar-refractivity contribution >= 4 is 11.0 Å². The predicted molar refractivity (Wildman–Crippen MR) is 93.6 cm³/mol. The number of aromatic nitrogens is 5. The molecule has 1 aromatic carbocycles. The Hall–Kier alpha value is -2.21. The lowest BCUT2D eigenvalue weighted by atomic mass is 9.99. The normalized spacial score (nSPS) is 17.3. The average molecular weight is 324 g/mol. The summed E-state index contributed by atoms with van der Waals surface area (Å²) in [6.45, 7) is 4.98. The van der Waals surface area contributed by atoms with E-state index in [1.54, 1.807) is 0 Å². The third-order valence-electron chi connectivity index (χ3n) is 5.03. The summed E-state index contributed by atoms with van der Waals surface area (Å²) in [5.74, 6) is 3.99. The standard InChI is InChI=1S/C18H24N6/c1-3-16-21-22-17-9-8-13(12-24(16)17)10-19-11-18-20-14-6-4-5-7-15(14)23(18)2/h4-7,13,19H,3,8-12H2,1-2H3/t13-/m1/s1. The summed E-state index contributed by atoms with van der Waals surface area (Å²) in [7, 11) is 2.09. The lowest BCUT2D eigenvalue weighted by Gasteiger charge is -2.24. The van der Waals surface area contributed by atoms with Crippen LogP contribution in [0.4, 0.5) is 0 Å². The molecule has 24 heavy (non-hydrogen) atoms. The first-order chi connectivity index (χ1) is 11.8. The molecule has 4 rings (SSSR count). The van der Waals surface area contributed by atoms with Gasteiger partial charge in [-0.3, -0.25) is 0 Å². The highest BCUT2D eigenvalue weighted by atomic mass is 15.3. The van der Waals surface area contributed by atoms with Crippen molar-refractivity contribution in [3.8, 4) is 0 Å². The van der Waals surface area contributed by atoms with Crippen molar-refractivity contribution < 1.29 is 0 Å². The second kappa shape index (κ2) is 6.36. The third kappa shape index (κ3) is 2.71. The van der Waals surface area contributed by atoms with E-state index in [9.17, 15) is 0 Å². The molecule has 126 valence electrons. The minimum Gasteiger partial charge on any atom is -0.330 e. The van der Waals surface area contributed by atoms with Crippen LogP contribution in [0.25, 0.3) is 11.0 Å². The monoisotopic (exact) mass is 324 g/mol. The number of nitrogens with zero attached hydrogens (tertiary/aromatic N) is 5. The molecule has 6 nitrogen and oxygen atoms in total. The van der Waals surface area contributed by atoms with Gasteiger partial charge in [0.05, 0.1) is 17.6 Å².